The van der Waals surface area contributed by atoms with E-state index in [0.29, 0.717) is 6.42 Å². The van der Waals surface area contributed by atoms with Gasteiger partial charge in [-0.3, -0.25) is 4.79 Å². The normalized spacial score (nSPS) is 9.80. The summed E-state index contributed by atoms with van der Waals surface area (Å²) >= 11 is 1.33. The van der Waals surface area contributed by atoms with Gasteiger partial charge in [-0.2, -0.15) is 0 Å². The summed E-state index contributed by atoms with van der Waals surface area (Å²) in [5.74, 6) is 0.759. The molecule has 60 valence electrons. The quantitative estimate of drug-likeness (QED) is 0.621. The first kappa shape index (κ1) is 9.98. The topological polar surface area (TPSA) is 37.3 Å². The van der Waals surface area contributed by atoms with Crippen LogP contribution in [0.25, 0.3) is 0 Å². The van der Waals surface area contributed by atoms with Crippen LogP contribution in [0, 0.1) is 0 Å². The maximum Gasteiger partial charge on any atom is 0.188 e. The predicted molar refractivity (Wildman–Crippen MR) is 44.1 cm³/mol. The molecule has 3 heteroatoms. The Morgan fingerprint density at radius 3 is 2.80 bits per heavy atom. The molecule has 0 radical (unpaired) electrons. The van der Waals surface area contributed by atoms with E-state index in [2.05, 4.69) is 0 Å². The standard InChI is InChI=1S/C7H14O2S/c1-2-4-7(9)10-6-3-5-8/h8H,2-6H2,1H3. The number of rotatable bonds is 5. The molecule has 0 saturated carbocycles. The lowest BCUT2D eigenvalue weighted by atomic mass is 10.4. The molecule has 0 heterocycles. The molecule has 0 saturated heterocycles. The molecule has 0 unspecified atom stereocenters. The monoisotopic (exact) mass is 162 g/mol. The molecular formula is C7H14O2S. The van der Waals surface area contributed by atoms with Crippen LogP contribution in [0.3, 0.4) is 0 Å². The highest BCUT2D eigenvalue weighted by Gasteiger charge is 1.98. The van der Waals surface area contributed by atoms with Gasteiger partial charge in [0.05, 0.1) is 0 Å². The third-order valence-corrected chi connectivity index (χ3v) is 2.04. The molecule has 0 atom stereocenters. The van der Waals surface area contributed by atoms with Crippen molar-refractivity contribution in [3.63, 3.8) is 0 Å². The van der Waals surface area contributed by atoms with Gasteiger partial charge in [0, 0.05) is 18.8 Å². The first-order chi connectivity index (χ1) is 4.81. The predicted octanol–water partition coefficient (Wildman–Crippen LogP) is 1.43. The number of aliphatic hydroxyl groups excluding tert-OH is 1. The summed E-state index contributed by atoms with van der Waals surface area (Å²) < 4.78 is 0. The zero-order valence-electron chi connectivity index (χ0n) is 6.30. The second-order valence-electron chi connectivity index (χ2n) is 2.05. The van der Waals surface area contributed by atoms with E-state index < -0.39 is 0 Å². The minimum Gasteiger partial charge on any atom is -0.396 e. The summed E-state index contributed by atoms with van der Waals surface area (Å²) in [7, 11) is 0. The van der Waals surface area contributed by atoms with Crippen LogP contribution >= 0.6 is 11.8 Å². The Balaban J connectivity index is 3.05. The average molecular weight is 162 g/mol. The Labute approximate surface area is 66.0 Å². The van der Waals surface area contributed by atoms with Crippen molar-refractivity contribution < 1.29 is 9.90 Å². The lowest BCUT2D eigenvalue weighted by Crippen LogP contribution is -1.93. The maximum atomic E-state index is 10.8. The summed E-state index contributed by atoms with van der Waals surface area (Å²) in [5, 5.41) is 8.63. The van der Waals surface area contributed by atoms with Crippen molar-refractivity contribution in [2.75, 3.05) is 12.4 Å². The van der Waals surface area contributed by atoms with E-state index >= 15 is 0 Å². The van der Waals surface area contributed by atoms with Crippen LogP contribution in [0.15, 0.2) is 0 Å². The van der Waals surface area contributed by atoms with Crippen LogP contribution in [0.2, 0.25) is 0 Å². The zero-order chi connectivity index (χ0) is 7.82. The van der Waals surface area contributed by atoms with Gasteiger partial charge >= 0.3 is 0 Å². The van der Waals surface area contributed by atoms with Gasteiger partial charge in [-0.25, -0.2) is 0 Å². The van der Waals surface area contributed by atoms with Crippen LogP contribution in [0.1, 0.15) is 26.2 Å². The van der Waals surface area contributed by atoms with E-state index in [-0.39, 0.29) is 11.7 Å². The van der Waals surface area contributed by atoms with Gasteiger partial charge in [-0.1, -0.05) is 18.7 Å². The highest BCUT2D eigenvalue weighted by Crippen LogP contribution is 2.07. The molecule has 0 aliphatic carbocycles. The van der Waals surface area contributed by atoms with Crippen molar-refractivity contribution in [3.05, 3.63) is 0 Å². The molecule has 0 aliphatic heterocycles. The molecular weight excluding hydrogens is 148 g/mol. The van der Waals surface area contributed by atoms with E-state index in [9.17, 15) is 4.79 Å². The number of aliphatic hydroxyl groups is 1. The number of hydrogen-bond acceptors (Lipinski definition) is 3. The van der Waals surface area contributed by atoms with E-state index in [4.69, 9.17) is 5.11 Å². The summed E-state index contributed by atoms with van der Waals surface area (Å²) in [5.41, 5.74) is 0. The highest BCUT2D eigenvalue weighted by atomic mass is 32.2. The van der Waals surface area contributed by atoms with Gasteiger partial charge in [0.25, 0.3) is 0 Å². The number of thioether (sulfide) groups is 1. The van der Waals surface area contributed by atoms with Crippen LogP contribution in [-0.2, 0) is 4.79 Å². The molecule has 0 aromatic rings. The molecule has 0 bridgehead atoms. The Bertz CT molecular complexity index is 93.6. The van der Waals surface area contributed by atoms with Crippen LogP contribution in [-0.4, -0.2) is 22.6 Å². The second kappa shape index (κ2) is 7.09. The second-order valence-corrected chi connectivity index (χ2v) is 3.20. The van der Waals surface area contributed by atoms with Crippen molar-refractivity contribution in [1.29, 1.82) is 0 Å². The third kappa shape index (κ3) is 6.11. The molecule has 10 heavy (non-hydrogen) atoms. The minimum absolute atomic E-state index is 0.187. The molecule has 0 amide bonds. The Kier molecular flexibility index (Phi) is 7.08. The SMILES string of the molecule is CCCC(=O)SCCCO. The van der Waals surface area contributed by atoms with Gasteiger partial charge in [-0.05, 0) is 12.8 Å². The van der Waals surface area contributed by atoms with Gasteiger partial charge in [-0.15, -0.1) is 0 Å². The maximum absolute atomic E-state index is 10.8. The van der Waals surface area contributed by atoms with Crippen molar-refractivity contribution in [1.82, 2.24) is 0 Å². The lowest BCUT2D eigenvalue weighted by molar-refractivity contribution is -0.111. The summed E-state index contributed by atoms with van der Waals surface area (Å²) in [6, 6.07) is 0. The Hall–Kier alpha value is -0.0200. The molecule has 0 aromatic carbocycles. The third-order valence-electron chi connectivity index (χ3n) is 1.02. The fourth-order valence-electron chi connectivity index (χ4n) is 0.527. The zero-order valence-corrected chi connectivity index (χ0v) is 7.12. The Morgan fingerprint density at radius 1 is 1.60 bits per heavy atom. The average Bonchev–Trinajstić information content (AvgIpc) is 1.89. The number of carbonyl (C=O) groups excluding carboxylic acids is 1. The number of hydrogen-bond donors (Lipinski definition) is 1. The molecule has 0 rings (SSSR count). The molecule has 0 spiro atoms. The van der Waals surface area contributed by atoms with Crippen molar-refractivity contribution in [3.8, 4) is 0 Å². The van der Waals surface area contributed by atoms with Gasteiger partial charge in [0.15, 0.2) is 5.12 Å². The van der Waals surface area contributed by atoms with Gasteiger partial charge in [0.1, 0.15) is 0 Å². The fourth-order valence-corrected chi connectivity index (χ4v) is 1.38. The van der Waals surface area contributed by atoms with Crippen molar-refractivity contribution in [2.45, 2.75) is 26.2 Å². The largest absolute Gasteiger partial charge is 0.396 e. The summed E-state index contributed by atoms with van der Waals surface area (Å²) in [4.78, 5) is 10.8. The van der Waals surface area contributed by atoms with Crippen LogP contribution in [0.5, 0.6) is 0 Å². The number of carbonyl (C=O) groups is 1. The highest BCUT2D eigenvalue weighted by molar-refractivity contribution is 8.13. The van der Waals surface area contributed by atoms with E-state index in [0.717, 1.165) is 18.6 Å². The fraction of sp³-hybridized carbons (Fsp3) is 0.857. The minimum atomic E-state index is 0.187. The lowest BCUT2D eigenvalue weighted by Gasteiger charge is -1.95. The van der Waals surface area contributed by atoms with Crippen molar-refractivity contribution in [2.24, 2.45) is 0 Å². The van der Waals surface area contributed by atoms with Crippen LogP contribution in [0.4, 0.5) is 0 Å². The molecule has 0 fully saturated rings. The molecule has 0 aromatic heterocycles. The molecule has 0 aliphatic rings. The smallest absolute Gasteiger partial charge is 0.188 e. The first-order valence-corrected chi connectivity index (χ1v) is 4.56. The molecule has 1 N–H and O–H groups in total. The van der Waals surface area contributed by atoms with Crippen molar-refractivity contribution >= 4 is 16.9 Å². The first-order valence-electron chi connectivity index (χ1n) is 3.57. The molecule has 2 nitrogen and oxygen atoms in total. The summed E-state index contributed by atoms with van der Waals surface area (Å²) in [6.07, 6.45) is 2.31. The van der Waals surface area contributed by atoms with Crippen LogP contribution < -0.4 is 0 Å². The van der Waals surface area contributed by atoms with E-state index in [1.807, 2.05) is 6.92 Å². The van der Waals surface area contributed by atoms with E-state index in [1.54, 1.807) is 0 Å². The van der Waals surface area contributed by atoms with E-state index in [1.165, 1.54) is 11.8 Å². The van der Waals surface area contributed by atoms with Gasteiger partial charge < -0.3 is 5.11 Å². The Morgan fingerprint density at radius 2 is 2.30 bits per heavy atom. The van der Waals surface area contributed by atoms with Gasteiger partial charge in [0.2, 0.25) is 0 Å². The summed E-state index contributed by atoms with van der Waals surface area (Å²) in [6.45, 7) is 2.18.